The summed E-state index contributed by atoms with van der Waals surface area (Å²) in [4.78, 5) is 18.1. The van der Waals surface area contributed by atoms with E-state index < -0.39 is 0 Å². The lowest BCUT2D eigenvalue weighted by atomic mass is 10.0. The van der Waals surface area contributed by atoms with Gasteiger partial charge in [0.1, 0.15) is 22.9 Å². The van der Waals surface area contributed by atoms with Gasteiger partial charge < -0.3 is 10.2 Å². The van der Waals surface area contributed by atoms with Gasteiger partial charge in [0.25, 0.3) is 5.91 Å². The number of para-hydroxylation sites is 1. The van der Waals surface area contributed by atoms with Gasteiger partial charge in [-0.25, -0.2) is 4.39 Å². The van der Waals surface area contributed by atoms with Crippen molar-refractivity contribution in [1.29, 1.82) is 0 Å². The molecule has 2 aromatic carbocycles. The minimum atomic E-state index is -0.295. The van der Waals surface area contributed by atoms with Gasteiger partial charge in [-0.05, 0) is 42.3 Å². The lowest BCUT2D eigenvalue weighted by Gasteiger charge is -2.07. The Morgan fingerprint density at radius 1 is 1.21 bits per heavy atom. The van der Waals surface area contributed by atoms with Gasteiger partial charge in [-0.1, -0.05) is 35.5 Å². The van der Waals surface area contributed by atoms with Gasteiger partial charge >= 0.3 is 0 Å². The Hall–Kier alpha value is -3.48. The van der Waals surface area contributed by atoms with Gasteiger partial charge in [0.05, 0.1) is 0 Å². The zero-order valence-corrected chi connectivity index (χ0v) is 15.5. The molecule has 7 heteroatoms. The Morgan fingerprint density at radius 2 is 1.96 bits per heavy atom. The van der Waals surface area contributed by atoms with Crippen LogP contribution in [0, 0.1) is 12.7 Å². The maximum Gasteiger partial charge on any atom is 0.273 e. The van der Waals surface area contributed by atoms with Crippen molar-refractivity contribution in [2.75, 3.05) is 5.32 Å². The molecule has 1 N–H and O–H groups in total. The van der Waals surface area contributed by atoms with Crippen molar-refractivity contribution in [2.24, 2.45) is 12.2 Å². The monoisotopic (exact) mass is 378 g/mol. The number of aromatic nitrogens is 2. The number of carbonyl (C=O) groups excluding carboxylic acids is 1. The predicted molar refractivity (Wildman–Crippen MR) is 104 cm³/mol. The fourth-order valence-electron chi connectivity index (χ4n) is 3.11. The number of aryl methyl sites for hydroxylation is 2. The first-order valence-electron chi connectivity index (χ1n) is 8.91. The van der Waals surface area contributed by atoms with Gasteiger partial charge in [-0.15, -0.1) is 0 Å². The molecular formula is C21H19FN4O2. The average Bonchev–Trinajstić information content (AvgIpc) is 3.31. The molecule has 0 aliphatic carbocycles. The number of nitrogens with zero attached hydrogens (tertiary/aromatic N) is 3. The van der Waals surface area contributed by atoms with E-state index in [1.807, 2.05) is 31.2 Å². The number of nitrogens with one attached hydrogen (secondary N) is 1. The molecule has 1 aromatic heterocycles. The normalized spacial score (nSPS) is 15.8. The first kappa shape index (κ1) is 17.9. The van der Waals surface area contributed by atoms with Crippen LogP contribution in [0.4, 0.5) is 10.1 Å². The molecule has 1 amide bonds. The summed E-state index contributed by atoms with van der Waals surface area (Å²) >= 11 is 0. The highest BCUT2D eigenvalue weighted by Gasteiger charge is 2.27. The average molecular weight is 378 g/mol. The molecule has 1 aliphatic rings. The number of benzene rings is 2. The molecule has 1 atom stereocenters. The topological polar surface area (TPSA) is 68.5 Å². The lowest BCUT2D eigenvalue weighted by molar-refractivity contribution is 0.0857. The smallest absolute Gasteiger partial charge is 0.273 e. The van der Waals surface area contributed by atoms with E-state index in [1.165, 1.54) is 16.8 Å². The second kappa shape index (κ2) is 7.26. The molecule has 6 nitrogen and oxygen atoms in total. The highest BCUT2D eigenvalue weighted by Crippen LogP contribution is 2.29. The van der Waals surface area contributed by atoms with Crippen molar-refractivity contribution in [2.45, 2.75) is 19.4 Å². The number of halogens is 1. The van der Waals surface area contributed by atoms with Crippen LogP contribution in [0.3, 0.4) is 0 Å². The van der Waals surface area contributed by atoms with Crippen LogP contribution in [0.2, 0.25) is 0 Å². The maximum atomic E-state index is 13.1. The fraction of sp³-hybridized carbons (Fsp3) is 0.190. The molecule has 1 unspecified atom stereocenters. The summed E-state index contributed by atoms with van der Waals surface area (Å²) in [6, 6.07) is 15.4. The van der Waals surface area contributed by atoms with E-state index in [0.29, 0.717) is 23.5 Å². The predicted octanol–water partition coefficient (Wildman–Crippen LogP) is 3.99. The standard InChI is InChI=1S/C21H19FN4O2/c1-13-5-3-4-6-16(13)23-21(27)19-11-17(24-26(19)2)18-12-20(28-25-18)14-7-9-15(22)10-8-14/h3-11,20H,12H2,1-2H3,(H,23,27). The molecule has 142 valence electrons. The molecule has 0 spiro atoms. The van der Waals surface area contributed by atoms with Gasteiger partial charge in [0, 0.05) is 19.2 Å². The number of carbonyl (C=O) groups is 1. The van der Waals surface area contributed by atoms with Crippen molar-refractivity contribution in [3.8, 4) is 0 Å². The van der Waals surface area contributed by atoms with E-state index in [4.69, 9.17) is 4.84 Å². The minimum Gasteiger partial charge on any atom is -0.387 e. The second-order valence-electron chi connectivity index (χ2n) is 6.70. The molecule has 0 fully saturated rings. The van der Waals surface area contributed by atoms with Gasteiger partial charge in [-0.3, -0.25) is 9.48 Å². The van der Waals surface area contributed by atoms with Crippen LogP contribution in [0.25, 0.3) is 0 Å². The van der Waals surface area contributed by atoms with Crippen LogP contribution in [0.15, 0.2) is 59.8 Å². The number of hydrogen-bond donors (Lipinski definition) is 1. The Balaban J connectivity index is 1.49. The highest BCUT2D eigenvalue weighted by atomic mass is 19.1. The SMILES string of the molecule is Cc1ccccc1NC(=O)c1cc(C2=NOC(c3ccc(F)cc3)C2)nn1C. The molecule has 2 heterocycles. The van der Waals surface area contributed by atoms with Crippen LogP contribution in [0.5, 0.6) is 0 Å². The van der Waals surface area contributed by atoms with E-state index in [-0.39, 0.29) is 17.8 Å². The molecule has 0 saturated heterocycles. The summed E-state index contributed by atoms with van der Waals surface area (Å²) in [5.41, 5.74) is 4.24. The molecule has 28 heavy (non-hydrogen) atoms. The third kappa shape index (κ3) is 3.51. The van der Waals surface area contributed by atoms with Crippen molar-refractivity contribution in [3.05, 3.63) is 82.9 Å². The number of amides is 1. The summed E-state index contributed by atoms with van der Waals surface area (Å²) in [7, 11) is 1.71. The number of oxime groups is 1. The summed E-state index contributed by atoms with van der Waals surface area (Å²) in [5, 5.41) is 11.4. The first-order valence-corrected chi connectivity index (χ1v) is 8.91. The van der Waals surface area contributed by atoms with Gasteiger partial charge in [-0.2, -0.15) is 5.10 Å². The fourth-order valence-corrected chi connectivity index (χ4v) is 3.11. The van der Waals surface area contributed by atoms with E-state index >= 15 is 0 Å². The minimum absolute atomic E-state index is 0.245. The Labute approximate surface area is 161 Å². The zero-order valence-electron chi connectivity index (χ0n) is 15.5. The first-order chi connectivity index (χ1) is 13.5. The summed E-state index contributed by atoms with van der Waals surface area (Å²) in [5.74, 6) is -0.540. The Bertz CT molecular complexity index is 1060. The molecule has 0 bridgehead atoms. The number of rotatable bonds is 4. The maximum absolute atomic E-state index is 13.1. The number of hydrogen-bond acceptors (Lipinski definition) is 4. The van der Waals surface area contributed by atoms with E-state index in [9.17, 15) is 9.18 Å². The van der Waals surface area contributed by atoms with Crippen LogP contribution in [-0.4, -0.2) is 21.4 Å². The highest BCUT2D eigenvalue weighted by molar-refractivity contribution is 6.06. The molecule has 0 saturated carbocycles. The van der Waals surface area contributed by atoms with Gasteiger partial charge in [0.15, 0.2) is 6.10 Å². The quantitative estimate of drug-likeness (QED) is 0.746. The van der Waals surface area contributed by atoms with Crippen LogP contribution >= 0.6 is 0 Å². The zero-order chi connectivity index (χ0) is 19.7. The third-order valence-electron chi connectivity index (χ3n) is 4.71. The van der Waals surface area contributed by atoms with Crippen molar-refractivity contribution in [3.63, 3.8) is 0 Å². The molecule has 0 radical (unpaired) electrons. The molecule has 1 aliphatic heterocycles. The molecular weight excluding hydrogens is 359 g/mol. The van der Waals surface area contributed by atoms with E-state index in [2.05, 4.69) is 15.6 Å². The Morgan fingerprint density at radius 3 is 2.71 bits per heavy atom. The van der Waals surface area contributed by atoms with Crippen molar-refractivity contribution >= 4 is 17.3 Å². The third-order valence-corrected chi connectivity index (χ3v) is 4.71. The second-order valence-corrected chi connectivity index (χ2v) is 6.70. The Kier molecular flexibility index (Phi) is 4.65. The van der Waals surface area contributed by atoms with Gasteiger partial charge in [0.2, 0.25) is 0 Å². The van der Waals surface area contributed by atoms with Crippen molar-refractivity contribution < 1.29 is 14.0 Å². The van der Waals surface area contributed by atoms with Crippen molar-refractivity contribution in [1.82, 2.24) is 9.78 Å². The summed E-state index contributed by atoms with van der Waals surface area (Å²) in [6.07, 6.45) is 0.212. The van der Waals surface area contributed by atoms with Crippen LogP contribution in [-0.2, 0) is 11.9 Å². The largest absolute Gasteiger partial charge is 0.387 e. The van der Waals surface area contributed by atoms with Crippen LogP contribution < -0.4 is 5.32 Å². The number of anilines is 1. The summed E-state index contributed by atoms with van der Waals surface area (Å²) in [6.45, 7) is 1.93. The van der Waals surface area contributed by atoms with E-state index in [1.54, 1.807) is 25.2 Å². The summed E-state index contributed by atoms with van der Waals surface area (Å²) < 4.78 is 14.6. The molecule has 4 rings (SSSR count). The van der Waals surface area contributed by atoms with E-state index in [0.717, 1.165) is 16.8 Å². The van der Waals surface area contributed by atoms with Crippen LogP contribution in [0.1, 0.15) is 39.8 Å². The molecule has 3 aromatic rings. The lowest BCUT2D eigenvalue weighted by Crippen LogP contribution is -2.16.